The Balaban J connectivity index is 2.19. The molecule has 2 aromatic carbocycles. The standard InChI is InChI=1S/C22H29BrO2/c1-21(2,3)13-18(22(4,5)6)20(24)25-14-15-9-7-11-17-16(15)10-8-12-19(17)23/h7-12,18H,13-14H2,1-6H3. The van der Waals surface area contributed by atoms with E-state index < -0.39 is 0 Å². The third-order valence-corrected chi connectivity index (χ3v) is 5.17. The maximum absolute atomic E-state index is 12.8. The molecule has 2 nitrogen and oxygen atoms in total. The van der Waals surface area contributed by atoms with E-state index in [4.69, 9.17) is 4.74 Å². The SMILES string of the molecule is CC(C)(C)CC(C(=O)OCc1cccc2c(Br)cccc12)C(C)(C)C. The van der Waals surface area contributed by atoms with Crippen molar-refractivity contribution in [2.45, 2.75) is 54.6 Å². The summed E-state index contributed by atoms with van der Waals surface area (Å²) in [6, 6.07) is 12.2. The molecule has 0 radical (unpaired) electrons. The van der Waals surface area contributed by atoms with Crippen molar-refractivity contribution in [2.24, 2.45) is 16.7 Å². The van der Waals surface area contributed by atoms with E-state index >= 15 is 0 Å². The van der Waals surface area contributed by atoms with Gasteiger partial charge in [0.15, 0.2) is 0 Å². The summed E-state index contributed by atoms with van der Waals surface area (Å²) >= 11 is 3.59. The molecule has 0 aliphatic heterocycles. The predicted molar refractivity (Wildman–Crippen MR) is 108 cm³/mol. The van der Waals surface area contributed by atoms with E-state index in [1.807, 2.05) is 24.3 Å². The van der Waals surface area contributed by atoms with Crippen LogP contribution < -0.4 is 0 Å². The lowest BCUT2D eigenvalue weighted by molar-refractivity contribution is -0.155. The highest BCUT2D eigenvalue weighted by atomic mass is 79.9. The Kier molecular flexibility index (Phi) is 5.98. The second kappa shape index (κ2) is 7.49. The second-order valence-corrected chi connectivity index (χ2v) is 9.90. The lowest BCUT2D eigenvalue weighted by Gasteiger charge is -2.33. The predicted octanol–water partition coefficient (Wildman–Crippen LogP) is 6.74. The Bertz CT molecular complexity index is 751. The van der Waals surface area contributed by atoms with Crippen molar-refractivity contribution in [3.05, 3.63) is 46.4 Å². The number of carbonyl (C=O) groups excluding carboxylic acids is 1. The Labute approximate surface area is 160 Å². The highest BCUT2D eigenvalue weighted by Gasteiger charge is 2.35. The largest absolute Gasteiger partial charge is 0.461 e. The molecule has 1 atom stereocenters. The topological polar surface area (TPSA) is 26.3 Å². The summed E-state index contributed by atoms with van der Waals surface area (Å²) in [7, 11) is 0. The van der Waals surface area contributed by atoms with Gasteiger partial charge in [-0.3, -0.25) is 4.79 Å². The van der Waals surface area contributed by atoms with Crippen molar-refractivity contribution in [3.8, 4) is 0 Å². The van der Waals surface area contributed by atoms with E-state index in [-0.39, 0.29) is 22.7 Å². The van der Waals surface area contributed by atoms with Crippen molar-refractivity contribution in [1.82, 2.24) is 0 Å². The first-order chi connectivity index (χ1) is 11.5. The maximum atomic E-state index is 12.8. The molecule has 0 heterocycles. The average molecular weight is 405 g/mol. The monoisotopic (exact) mass is 404 g/mol. The first kappa shape index (κ1) is 20.0. The molecule has 0 spiro atoms. The molecule has 0 amide bonds. The minimum Gasteiger partial charge on any atom is -0.461 e. The minimum atomic E-state index is -0.119. The van der Waals surface area contributed by atoms with Gasteiger partial charge in [-0.1, -0.05) is 87.8 Å². The van der Waals surface area contributed by atoms with Gasteiger partial charge in [-0.2, -0.15) is 0 Å². The zero-order valence-corrected chi connectivity index (χ0v) is 17.7. The fourth-order valence-corrected chi connectivity index (χ4v) is 3.57. The molecule has 0 saturated carbocycles. The highest BCUT2D eigenvalue weighted by molar-refractivity contribution is 9.10. The summed E-state index contributed by atoms with van der Waals surface area (Å²) in [5, 5.41) is 2.26. The number of esters is 1. The van der Waals surface area contributed by atoms with Gasteiger partial charge in [0.25, 0.3) is 0 Å². The van der Waals surface area contributed by atoms with E-state index in [0.29, 0.717) is 6.61 Å². The Morgan fingerprint density at radius 2 is 1.60 bits per heavy atom. The molecule has 136 valence electrons. The smallest absolute Gasteiger partial charge is 0.309 e. The molecule has 0 bridgehead atoms. The molecule has 0 aliphatic rings. The number of benzene rings is 2. The lowest BCUT2D eigenvalue weighted by atomic mass is 9.72. The molecular weight excluding hydrogens is 376 g/mol. The number of hydrogen-bond acceptors (Lipinski definition) is 2. The van der Waals surface area contributed by atoms with E-state index in [1.54, 1.807) is 0 Å². The molecule has 1 unspecified atom stereocenters. The molecule has 2 rings (SSSR count). The normalized spacial score (nSPS) is 13.7. The number of fused-ring (bicyclic) bond motifs is 1. The zero-order valence-electron chi connectivity index (χ0n) is 16.2. The van der Waals surface area contributed by atoms with Gasteiger partial charge < -0.3 is 4.74 Å². The second-order valence-electron chi connectivity index (χ2n) is 9.04. The van der Waals surface area contributed by atoms with Gasteiger partial charge in [-0.05, 0) is 39.7 Å². The summed E-state index contributed by atoms with van der Waals surface area (Å²) < 4.78 is 6.81. The van der Waals surface area contributed by atoms with Crippen molar-refractivity contribution in [2.75, 3.05) is 0 Å². The molecule has 25 heavy (non-hydrogen) atoms. The van der Waals surface area contributed by atoms with Crippen LogP contribution in [0.4, 0.5) is 0 Å². The summed E-state index contributed by atoms with van der Waals surface area (Å²) in [6.07, 6.45) is 0.816. The summed E-state index contributed by atoms with van der Waals surface area (Å²) in [4.78, 5) is 12.8. The van der Waals surface area contributed by atoms with Crippen LogP contribution in [0, 0.1) is 16.7 Å². The molecule has 0 N–H and O–H groups in total. The number of hydrogen-bond donors (Lipinski definition) is 0. The van der Waals surface area contributed by atoms with Crippen LogP contribution in [0.25, 0.3) is 10.8 Å². The third-order valence-electron chi connectivity index (χ3n) is 4.48. The fraction of sp³-hybridized carbons (Fsp3) is 0.500. The first-order valence-electron chi connectivity index (χ1n) is 8.82. The number of ether oxygens (including phenoxy) is 1. The molecule has 2 aromatic rings. The van der Waals surface area contributed by atoms with Crippen LogP contribution in [0.5, 0.6) is 0 Å². The van der Waals surface area contributed by atoms with Crippen LogP contribution >= 0.6 is 15.9 Å². The molecule has 0 saturated heterocycles. The van der Waals surface area contributed by atoms with Crippen LogP contribution in [-0.2, 0) is 16.1 Å². The lowest BCUT2D eigenvalue weighted by Crippen LogP contribution is -2.33. The van der Waals surface area contributed by atoms with E-state index in [2.05, 4.69) is 69.6 Å². The Morgan fingerprint density at radius 1 is 1.00 bits per heavy atom. The molecule has 3 heteroatoms. The molecule has 0 aromatic heterocycles. The number of halogens is 1. The van der Waals surface area contributed by atoms with Crippen LogP contribution in [0.3, 0.4) is 0 Å². The average Bonchev–Trinajstić information content (AvgIpc) is 2.49. The van der Waals surface area contributed by atoms with E-state index in [0.717, 1.165) is 27.2 Å². The highest BCUT2D eigenvalue weighted by Crippen LogP contribution is 2.37. The van der Waals surface area contributed by atoms with Crippen molar-refractivity contribution >= 4 is 32.7 Å². The minimum absolute atomic E-state index is 0.0846. The Hall–Kier alpha value is -1.35. The fourth-order valence-electron chi connectivity index (χ4n) is 3.07. The molecular formula is C22H29BrO2. The summed E-state index contributed by atoms with van der Waals surface area (Å²) in [5.41, 5.74) is 1.00. The number of carbonyl (C=O) groups is 1. The van der Waals surface area contributed by atoms with Crippen LogP contribution in [0.2, 0.25) is 0 Å². The van der Waals surface area contributed by atoms with Crippen LogP contribution in [0.1, 0.15) is 53.5 Å². The van der Waals surface area contributed by atoms with E-state index in [1.165, 1.54) is 0 Å². The van der Waals surface area contributed by atoms with Gasteiger partial charge in [-0.25, -0.2) is 0 Å². The number of rotatable bonds is 4. The van der Waals surface area contributed by atoms with Crippen molar-refractivity contribution < 1.29 is 9.53 Å². The third kappa shape index (κ3) is 5.31. The van der Waals surface area contributed by atoms with Gasteiger partial charge >= 0.3 is 5.97 Å². The summed E-state index contributed by atoms with van der Waals surface area (Å²) in [6.45, 7) is 13.1. The van der Waals surface area contributed by atoms with Crippen LogP contribution in [-0.4, -0.2) is 5.97 Å². The van der Waals surface area contributed by atoms with Crippen molar-refractivity contribution in [3.63, 3.8) is 0 Å². The van der Waals surface area contributed by atoms with Gasteiger partial charge in [0, 0.05) is 4.47 Å². The van der Waals surface area contributed by atoms with Crippen LogP contribution in [0.15, 0.2) is 40.9 Å². The van der Waals surface area contributed by atoms with Gasteiger partial charge in [0.2, 0.25) is 0 Å². The summed E-state index contributed by atoms with van der Waals surface area (Å²) in [5.74, 6) is -0.219. The maximum Gasteiger partial charge on any atom is 0.309 e. The quantitative estimate of drug-likeness (QED) is 0.526. The first-order valence-corrected chi connectivity index (χ1v) is 9.61. The molecule has 0 aliphatic carbocycles. The van der Waals surface area contributed by atoms with Gasteiger partial charge in [0.05, 0.1) is 5.92 Å². The zero-order chi connectivity index (χ0) is 18.8. The van der Waals surface area contributed by atoms with Crippen molar-refractivity contribution in [1.29, 1.82) is 0 Å². The van der Waals surface area contributed by atoms with Gasteiger partial charge in [-0.15, -0.1) is 0 Å². The molecule has 0 fully saturated rings. The Morgan fingerprint density at radius 3 is 2.20 bits per heavy atom. The van der Waals surface area contributed by atoms with Gasteiger partial charge in [0.1, 0.15) is 6.61 Å². The van der Waals surface area contributed by atoms with E-state index in [9.17, 15) is 4.79 Å².